The molecule has 1 rings (SSSR count). The molecule has 0 heteroatoms. The van der Waals surface area contributed by atoms with E-state index < -0.39 is 0 Å². The lowest BCUT2D eigenvalue weighted by atomic mass is 10.1. The Bertz CT molecular complexity index is 204. The van der Waals surface area contributed by atoms with Gasteiger partial charge >= 0.3 is 0 Å². The molecule has 0 saturated carbocycles. The summed E-state index contributed by atoms with van der Waals surface area (Å²) in [6, 6.07) is 0. The molecule has 75 valence electrons. The molecule has 0 heterocycles. The van der Waals surface area contributed by atoms with Gasteiger partial charge in [0, 0.05) is 0 Å². The summed E-state index contributed by atoms with van der Waals surface area (Å²) < 4.78 is 0. The van der Waals surface area contributed by atoms with Gasteiger partial charge in [-0.2, -0.15) is 0 Å². The van der Waals surface area contributed by atoms with Crippen molar-refractivity contribution in [3.05, 3.63) is 55.0 Å². The third kappa shape index (κ3) is 6.47. The van der Waals surface area contributed by atoms with Crippen LogP contribution in [0.15, 0.2) is 48.6 Å². The summed E-state index contributed by atoms with van der Waals surface area (Å²) in [6.45, 7) is 0. The Labute approximate surface area is 87.7 Å². The highest BCUT2D eigenvalue weighted by molar-refractivity contribution is 5.10. The van der Waals surface area contributed by atoms with Crippen molar-refractivity contribution in [1.82, 2.24) is 0 Å². The molecule has 0 N–H and O–H groups in total. The van der Waals surface area contributed by atoms with E-state index in [4.69, 9.17) is 0 Å². The molecule has 14 heavy (non-hydrogen) atoms. The minimum atomic E-state index is 1.02. The summed E-state index contributed by atoms with van der Waals surface area (Å²) in [5.41, 5.74) is 0. The van der Waals surface area contributed by atoms with Crippen molar-refractivity contribution in [2.24, 2.45) is 0 Å². The quantitative estimate of drug-likeness (QED) is 0.528. The average Bonchev–Trinajstić information content (AvgIpc) is 2.22. The monoisotopic (exact) mass is 187 g/mol. The zero-order valence-corrected chi connectivity index (χ0v) is 8.73. The van der Waals surface area contributed by atoms with Crippen molar-refractivity contribution < 1.29 is 0 Å². The van der Waals surface area contributed by atoms with E-state index in [9.17, 15) is 0 Å². The van der Waals surface area contributed by atoms with E-state index in [1.54, 1.807) is 0 Å². The lowest BCUT2D eigenvalue weighted by Gasteiger charge is -1.94. The van der Waals surface area contributed by atoms with Gasteiger partial charge in [0.2, 0.25) is 0 Å². The molecule has 0 atom stereocenters. The van der Waals surface area contributed by atoms with Crippen LogP contribution in [0.5, 0.6) is 0 Å². The molecular weight excluding hydrogens is 168 g/mol. The molecule has 0 aromatic heterocycles. The van der Waals surface area contributed by atoms with Gasteiger partial charge in [0.25, 0.3) is 0 Å². The molecule has 1 aliphatic carbocycles. The molecule has 0 nitrogen and oxygen atoms in total. The van der Waals surface area contributed by atoms with E-state index >= 15 is 0 Å². The maximum absolute atomic E-state index is 2.25. The second-order valence-electron chi connectivity index (χ2n) is 3.43. The van der Waals surface area contributed by atoms with Crippen LogP contribution in [-0.2, 0) is 0 Å². The number of hydrogen-bond donors (Lipinski definition) is 0. The molecule has 0 aliphatic heterocycles. The summed E-state index contributed by atoms with van der Waals surface area (Å²) in [4.78, 5) is 0. The Balaban J connectivity index is 2.35. The predicted octanol–water partition coefficient (Wildman–Crippen LogP) is 4.38. The topological polar surface area (TPSA) is 0 Å². The summed E-state index contributed by atoms with van der Waals surface area (Å²) in [5, 5.41) is 0. The van der Waals surface area contributed by atoms with Crippen LogP contribution in [0, 0.1) is 6.42 Å². The minimum absolute atomic E-state index is 1.02. The van der Waals surface area contributed by atoms with Crippen LogP contribution < -0.4 is 0 Å². The smallest absolute Gasteiger partial charge is 0.0163 e. The summed E-state index contributed by atoms with van der Waals surface area (Å²) in [7, 11) is 0. The van der Waals surface area contributed by atoms with E-state index in [1.165, 1.54) is 25.7 Å². The van der Waals surface area contributed by atoms with Gasteiger partial charge < -0.3 is 0 Å². The molecule has 0 aromatic carbocycles. The largest absolute Gasteiger partial charge is 0.0845 e. The first-order valence-electron chi connectivity index (χ1n) is 5.47. The zero-order valence-electron chi connectivity index (χ0n) is 8.73. The maximum atomic E-state index is 2.25. The van der Waals surface area contributed by atoms with Gasteiger partial charge in [0.05, 0.1) is 0 Å². The lowest BCUT2D eigenvalue weighted by molar-refractivity contribution is 0.747. The van der Waals surface area contributed by atoms with Crippen molar-refractivity contribution in [2.45, 2.75) is 32.1 Å². The van der Waals surface area contributed by atoms with Gasteiger partial charge in [0.15, 0.2) is 0 Å². The second kappa shape index (κ2) is 8.55. The zero-order chi connectivity index (χ0) is 9.90. The number of allylic oxidation sites excluding steroid dienone is 8. The molecule has 0 bridgehead atoms. The fourth-order valence-electron chi connectivity index (χ4n) is 1.33. The molecule has 1 radical (unpaired) electrons. The van der Waals surface area contributed by atoms with E-state index in [1.807, 2.05) is 0 Å². The Morgan fingerprint density at radius 1 is 0.571 bits per heavy atom. The Morgan fingerprint density at radius 3 is 2.21 bits per heavy atom. The van der Waals surface area contributed by atoms with Gasteiger partial charge in [-0.05, 0) is 32.1 Å². The normalized spacial score (nSPS) is 28.6. The molecule has 0 amide bonds. The molecule has 0 aromatic rings. The SMILES string of the molecule is [CH]1/C=C/C=C\C/C=C\C=C\CCCC1. The van der Waals surface area contributed by atoms with Crippen LogP contribution in [0.3, 0.4) is 0 Å². The fourth-order valence-corrected chi connectivity index (χ4v) is 1.33. The molecule has 1 aliphatic rings. The predicted molar refractivity (Wildman–Crippen MR) is 63.9 cm³/mol. The molecule has 0 unspecified atom stereocenters. The Hall–Kier alpha value is -1.04. The highest BCUT2D eigenvalue weighted by Crippen LogP contribution is 2.04. The van der Waals surface area contributed by atoms with Crippen molar-refractivity contribution in [3.63, 3.8) is 0 Å². The van der Waals surface area contributed by atoms with Crippen LogP contribution in [0.1, 0.15) is 32.1 Å². The van der Waals surface area contributed by atoms with Crippen LogP contribution in [-0.4, -0.2) is 0 Å². The van der Waals surface area contributed by atoms with Gasteiger partial charge in [0.1, 0.15) is 0 Å². The average molecular weight is 187 g/mol. The first-order valence-corrected chi connectivity index (χ1v) is 5.47. The van der Waals surface area contributed by atoms with Crippen LogP contribution in [0.25, 0.3) is 0 Å². The highest BCUT2D eigenvalue weighted by atomic mass is 13.9. The number of hydrogen-bond acceptors (Lipinski definition) is 0. The second-order valence-corrected chi connectivity index (χ2v) is 3.43. The van der Waals surface area contributed by atoms with Crippen molar-refractivity contribution in [1.29, 1.82) is 0 Å². The van der Waals surface area contributed by atoms with Crippen molar-refractivity contribution in [2.75, 3.05) is 0 Å². The Morgan fingerprint density at radius 2 is 1.29 bits per heavy atom. The van der Waals surface area contributed by atoms with Gasteiger partial charge in [-0.25, -0.2) is 0 Å². The van der Waals surface area contributed by atoms with Gasteiger partial charge in [-0.3, -0.25) is 0 Å². The lowest BCUT2D eigenvalue weighted by Crippen LogP contribution is -1.75. The van der Waals surface area contributed by atoms with Gasteiger partial charge in [-0.1, -0.05) is 55.0 Å². The first kappa shape index (κ1) is 11.0. The van der Waals surface area contributed by atoms with E-state index in [0.29, 0.717) is 0 Å². The minimum Gasteiger partial charge on any atom is -0.0845 e. The van der Waals surface area contributed by atoms with E-state index in [2.05, 4.69) is 55.0 Å². The molecule has 0 saturated heterocycles. The van der Waals surface area contributed by atoms with Crippen molar-refractivity contribution in [3.8, 4) is 0 Å². The van der Waals surface area contributed by atoms with E-state index in [-0.39, 0.29) is 0 Å². The third-order valence-electron chi connectivity index (χ3n) is 2.14. The molecule has 0 fully saturated rings. The standard InChI is InChI=1S/C14H19/c1-2-4-6-8-10-12-14-13-11-9-7-5-3-1/h1-5,8,10,12,14H,6-7,9,11,13H2/b3-1+,4-2-,10-8-,14-12+. The molecular formula is C14H19. The summed E-state index contributed by atoms with van der Waals surface area (Å²) >= 11 is 0. The summed E-state index contributed by atoms with van der Waals surface area (Å²) in [6.07, 6.45) is 25.5. The first-order chi connectivity index (χ1) is 7.00. The third-order valence-corrected chi connectivity index (χ3v) is 2.14. The van der Waals surface area contributed by atoms with Crippen molar-refractivity contribution >= 4 is 0 Å². The van der Waals surface area contributed by atoms with Gasteiger partial charge in [-0.15, -0.1) is 0 Å². The number of rotatable bonds is 0. The fraction of sp³-hybridized carbons (Fsp3) is 0.357. The van der Waals surface area contributed by atoms with E-state index in [0.717, 1.165) is 6.42 Å². The summed E-state index contributed by atoms with van der Waals surface area (Å²) in [5.74, 6) is 0. The van der Waals surface area contributed by atoms with Crippen LogP contribution in [0.2, 0.25) is 0 Å². The maximum Gasteiger partial charge on any atom is -0.0163 e. The molecule has 0 spiro atoms. The Kier molecular flexibility index (Phi) is 6.74. The van der Waals surface area contributed by atoms with Crippen LogP contribution in [0.4, 0.5) is 0 Å². The van der Waals surface area contributed by atoms with Crippen LogP contribution >= 0.6 is 0 Å². The highest BCUT2D eigenvalue weighted by Gasteiger charge is 1.85.